The fourth-order valence-corrected chi connectivity index (χ4v) is 7.36. The van der Waals surface area contributed by atoms with Crippen molar-refractivity contribution in [1.82, 2.24) is 15.2 Å². The van der Waals surface area contributed by atoms with Gasteiger partial charge in [0.15, 0.2) is 5.78 Å². The molecule has 1 aromatic heterocycles. The van der Waals surface area contributed by atoms with Gasteiger partial charge < -0.3 is 10.2 Å². The van der Waals surface area contributed by atoms with Crippen LogP contribution in [0.2, 0.25) is 5.15 Å². The van der Waals surface area contributed by atoms with Crippen LogP contribution in [0.15, 0.2) is 42.5 Å². The topological polar surface area (TPSA) is 62.3 Å². The highest BCUT2D eigenvalue weighted by Crippen LogP contribution is 2.43. The summed E-state index contributed by atoms with van der Waals surface area (Å²) in [7, 11) is 0. The molecule has 3 aliphatic rings. The highest BCUT2D eigenvalue weighted by molar-refractivity contribution is 6.29. The Labute approximate surface area is 226 Å². The van der Waals surface area contributed by atoms with Crippen LogP contribution in [0.1, 0.15) is 92.7 Å². The fraction of sp³-hybridized carbons (Fsp3) is 0.581. The molecule has 1 aromatic carbocycles. The zero-order valence-electron chi connectivity index (χ0n) is 22.2. The largest absolute Gasteiger partial charge is 0.339 e. The number of Topliss-reactive ketones (excluding diaryl/α,β-unsaturated/α-hetero) is 1. The molecule has 1 saturated carbocycles. The van der Waals surface area contributed by atoms with E-state index >= 15 is 0 Å². The molecule has 37 heavy (non-hydrogen) atoms. The van der Waals surface area contributed by atoms with Crippen LogP contribution in [0.4, 0.5) is 0 Å². The maximum atomic E-state index is 14.5. The summed E-state index contributed by atoms with van der Waals surface area (Å²) < 4.78 is 0. The minimum atomic E-state index is -0.512. The molecule has 2 aliphatic heterocycles. The lowest BCUT2D eigenvalue weighted by Crippen LogP contribution is -2.54. The molecule has 3 fully saturated rings. The summed E-state index contributed by atoms with van der Waals surface area (Å²) in [5.41, 5.74) is 2.16. The van der Waals surface area contributed by atoms with E-state index in [0.29, 0.717) is 42.2 Å². The lowest BCUT2D eigenvalue weighted by atomic mass is 9.70. The van der Waals surface area contributed by atoms with Crippen LogP contribution in [0.25, 0.3) is 0 Å². The number of rotatable bonds is 6. The van der Waals surface area contributed by atoms with Gasteiger partial charge in [-0.05, 0) is 54.7 Å². The van der Waals surface area contributed by atoms with Crippen LogP contribution < -0.4 is 5.32 Å². The van der Waals surface area contributed by atoms with Gasteiger partial charge in [-0.1, -0.05) is 81.1 Å². The number of carbonyl (C=O) groups is 2. The number of amides is 1. The molecule has 1 aliphatic carbocycles. The maximum Gasteiger partial charge on any atom is 0.228 e. The number of benzene rings is 1. The molecule has 6 heteroatoms. The van der Waals surface area contributed by atoms with Gasteiger partial charge >= 0.3 is 0 Å². The highest BCUT2D eigenvalue weighted by atomic mass is 35.5. The van der Waals surface area contributed by atoms with Crippen molar-refractivity contribution in [3.63, 3.8) is 0 Å². The van der Waals surface area contributed by atoms with Gasteiger partial charge in [0.05, 0.1) is 5.92 Å². The zero-order valence-corrected chi connectivity index (χ0v) is 23.0. The number of ketones is 1. The van der Waals surface area contributed by atoms with Gasteiger partial charge in [0.1, 0.15) is 10.8 Å². The summed E-state index contributed by atoms with van der Waals surface area (Å²) in [6.45, 7) is 6.03. The molecule has 1 amide bonds. The number of hydrogen-bond acceptors (Lipinski definition) is 4. The SMILES string of the molecule is CCC(=O)c1nc(Cl)ccc1C1(C)CNCC1C(=O)N1CCC(c2ccccc2)CC1C1CCCCC1. The predicted molar refractivity (Wildman–Crippen MR) is 148 cm³/mol. The molecule has 4 atom stereocenters. The Morgan fingerprint density at radius 1 is 1.08 bits per heavy atom. The van der Waals surface area contributed by atoms with E-state index in [1.807, 2.05) is 13.0 Å². The normalized spacial score (nSPS) is 28.8. The number of aromatic nitrogens is 1. The molecule has 0 bridgehead atoms. The van der Waals surface area contributed by atoms with E-state index in [1.54, 1.807) is 6.07 Å². The number of likely N-dealkylation sites (tertiary alicyclic amines) is 1. The first-order valence-electron chi connectivity index (χ1n) is 14.2. The molecular weight excluding hydrogens is 482 g/mol. The quantitative estimate of drug-likeness (QED) is 0.365. The second kappa shape index (κ2) is 11.2. The van der Waals surface area contributed by atoms with E-state index in [0.717, 1.165) is 24.9 Å². The van der Waals surface area contributed by atoms with Crippen molar-refractivity contribution in [3.8, 4) is 0 Å². The zero-order chi connectivity index (χ0) is 26.0. The van der Waals surface area contributed by atoms with Gasteiger partial charge in [-0.15, -0.1) is 0 Å². The standard InChI is InChI=1S/C31H40ClN3O2/c1-3-27(36)29-24(14-15-28(32)34-29)31(2)20-33-19-25(31)30(37)35-17-16-23(21-10-6-4-7-11-21)18-26(35)22-12-8-5-9-13-22/h4,6-7,10-11,14-15,22-23,25-26,33H,3,5,8-9,12-13,16-20H2,1-2H3. The number of halogens is 1. The first kappa shape index (κ1) is 26.4. The number of hydrogen-bond donors (Lipinski definition) is 1. The number of carbonyl (C=O) groups excluding carboxylic acids is 2. The maximum absolute atomic E-state index is 14.5. The van der Waals surface area contributed by atoms with E-state index < -0.39 is 5.41 Å². The Morgan fingerprint density at radius 2 is 1.84 bits per heavy atom. The predicted octanol–water partition coefficient (Wildman–Crippen LogP) is 6.16. The van der Waals surface area contributed by atoms with Crippen molar-refractivity contribution in [1.29, 1.82) is 0 Å². The van der Waals surface area contributed by atoms with E-state index in [2.05, 4.69) is 52.5 Å². The average molecular weight is 522 g/mol. The Bertz CT molecular complexity index is 1120. The highest BCUT2D eigenvalue weighted by Gasteiger charge is 2.50. The van der Waals surface area contributed by atoms with Crippen LogP contribution in [-0.4, -0.2) is 47.3 Å². The van der Waals surface area contributed by atoms with E-state index in [-0.39, 0.29) is 23.7 Å². The van der Waals surface area contributed by atoms with Crippen LogP contribution in [0.3, 0.4) is 0 Å². The molecule has 3 heterocycles. The van der Waals surface area contributed by atoms with E-state index in [4.69, 9.17) is 11.6 Å². The first-order valence-corrected chi connectivity index (χ1v) is 14.6. The second-order valence-electron chi connectivity index (χ2n) is 11.5. The van der Waals surface area contributed by atoms with E-state index in [1.165, 1.54) is 37.7 Å². The van der Waals surface area contributed by atoms with Crippen molar-refractivity contribution >= 4 is 23.3 Å². The Balaban J connectivity index is 1.45. The molecular formula is C31H40ClN3O2. The summed E-state index contributed by atoms with van der Waals surface area (Å²) in [4.78, 5) is 34.0. The third kappa shape index (κ3) is 5.22. The van der Waals surface area contributed by atoms with Crippen LogP contribution in [0, 0.1) is 11.8 Å². The fourth-order valence-electron chi connectivity index (χ4n) is 7.21. The molecule has 198 valence electrons. The number of piperidine rings is 1. The van der Waals surface area contributed by atoms with Crippen molar-refractivity contribution in [2.45, 2.75) is 82.6 Å². The van der Waals surface area contributed by atoms with Gasteiger partial charge in [-0.25, -0.2) is 4.98 Å². The summed E-state index contributed by atoms with van der Waals surface area (Å²) in [5.74, 6) is 1.04. The van der Waals surface area contributed by atoms with Crippen LogP contribution in [0.5, 0.6) is 0 Å². The molecule has 0 radical (unpaired) electrons. The van der Waals surface area contributed by atoms with Crippen molar-refractivity contribution < 1.29 is 9.59 Å². The summed E-state index contributed by atoms with van der Waals surface area (Å²) in [5, 5.41) is 3.81. The Kier molecular flexibility index (Phi) is 8.02. The lowest BCUT2D eigenvalue weighted by molar-refractivity contribution is -0.142. The second-order valence-corrected chi connectivity index (χ2v) is 11.9. The van der Waals surface area contributed by atoms with E-state index in [9.17, 15) is 9.59 Å². The molecule has 5 nitrogen and oxygen atoms in total. The molecule has 5 rings (SSSR count). The third-order valence-electron chi connectivity index (χ3n) is 9.36. The van der Waals surface area contributed by atoms with Crippen molar-refractivity contribution in [2.24, 2.45) is 11.8 Å². The van der Waals surface area contributed by atoms with Gasteiger partial charge in [0, 0.05) is 37.5 Å². The van der Waals surface area contributed by atoms with Crippen LogP contribution in [-0.2, 0) is 10.2 Å². The van der Waals surface area contributed by atoms with Gasteiger partial charge in [-0.3, -0.25) is 9.59 Å². The van der Waals surface area contributed by atoms with Gasteiger partial charge in [0.2, 0.25) is 5.91 Å². The van der Waals surface area contributed by atoms with Gasteiger partial charge in [-0.2, -0.15) is 0 Å². The van der Waals surface area contributed by atoms with Crippen LogP contribution >= 0.6 is 11.6 Å². The molecule has 2 saturated heterocycles. The summed E-state index contributed by atoms with van der Waals surface area (Å²) in [6, 6.07) is 14.8. The van der Waals surface area contributed by atoms with Crippen molar-refractivity contribution in [2.75, 3.05) is 19.6 Å². The molecule has 4 unspecified atom stereocenters. The first-order chi connectivity index (χ1) is 17.9. The molecule has 2 aromatic rings. The number of nitrogens with zero attached hydrogens (tertiary/aromatic N) is 2. The minimum Gasteiger partial charge on any atom is -0.339 e. The Hall–Kier alpha value is -2.24. The monoisotopic (exact) mass is 521 g/mol. The average Bonchev–Trinajstić information content (AvgIpc) is 3.35. The molecule has 1 N–H and O–H groups in total. The lowest BCUT2D eigenvalue weighted by Gasteiger charge is -2.47. The molecule has 0 spiro atoms. The summed E-state index contributed by atoms with van der Waals surface area (Å²) in [6.07, 6.45) is 8.67. The summed E-state index contributed by atoms with van der Waals surface area (Å²) >= 11 is 6.21. The third-order valence-corrected chi connectivity index (χ3v) is 9.57. The minimum absolute atomic E-state index is 0.0272. The Morgan fingerprint density at radius 3 is 2.57 bits per heavy atom. The van der Waals surface area contributed by atoms with Crippen molar-refractivity contribution in [3.05, 3.63) is 64.4 Å². The van der Waals surface area contributed by atoms with Gasteiger partial charge in [0.25, 0.3) is 0 Å². The number of nitrogens with one attached hydrogen (secondary N) is 1. The number of pyridine rings is 1. The smallest absolute Gasteiger partial charge is 0.228 e.